The van der Waals surface area contributed by atoms with E-state index in [1.807, 2.05) is 11.6 Å². The van der Waals surface area contributed by atoms with E-state index in [1.165, 1.54) is 24.1 Å². The fourth-order valence-corrected chi connectivity index (χ4v) is 3.49. The summed E-state index contributed by atoms with van der Waals surface area (Å²) in [4.78, 5) is 4.34. The number of nitrogens with one attached hydrogen (secondary N) is 1. The number of anilines is 1. The van der Waals surface area contributed by atoms with Gasteiger partial charge in [-0.25, -0.2) is 4.98 Å². The van der Waals surface area contributed by atoms with E-state index in [9.17, 15) is 0 Å². The molecule has 1 N–H and O–H groups in total. The zero-order chi connectivity index (χ0) is 14.5. The van der Waals surface area contributed by atoms with Gasteiger partial charge in [-0.1, -0.05) is 13.3 Å². The van der Waals surface area contributed by atoms with Crippen molar-refractivity contribution in [2.45, 2.75) is 44.8 Å². The Balaban J connectivity index is 1.60. The zero-order valence-corrected chi connectivity index (χ0v) is 13.2. The van der Waals surface area contributed by atoms with Gasteiger partial charge in [0.15, 0.2) is 0 Å². The number of ether oxygens (including phenoxy) is 1. The molecule has 1 aliphatic heterocycles. The number of aromatic nitrogens is 1. The zero-order valence-electron chi connectivity index (χ0n) is 12.4. The van der Waals surface area contributed by atoms with Crippen molar-refractivity contribution in [3.8, 4) is 10.6 Å². The third-order valence-corrected chi connectivity index (χ3v) is 4.74. The fourth-order valence-electron chi connectivity index (χ4n) is 2.85. The van der Waals surface area contributed by atoms with Gasteiger partial charge in [0.1, 0.15) is 5.01 Å². The van der Waals surface area contributed by atoms with Gasteiger partial charge in [0.2, 0.25) is 0 Å². The Bertz CT molecular complexity index is 536. The third-order valence-electron chi connectivity index (χ3n) is 3.91. The lowest BCUT2D eigenvalue weighted by Crippen LogP contribution is -2.33. The van der Waals surface area contributed by atoms with Gasteiger partial charge in [-0.2, -0.15) is 0 Å². The average Bonchev–Trinajstić information content (AvgIpc) is 3.03. The Kier molecular flexibility index (Phi) is 4.88. The van der Waals surface area contributed by atoms with Crippen LogP contribution in [0.2, 0.25) is 0 Å². The summed E-state index contributed by atoms with van der Waals surface area (Å²) >= 11 is 1.68. The molecule has 2 heterocycles. The van der Waals surface area contributed by atoms with Crippen molar-refractivity contribution in [1.29, 1.82) is 0 Å². The second-order valence-corrected chi connectivity index (χ2v) is 6.46. The molecule has 0 aliphatic carbocycles. The lowest BCUT2D eigenvalue weighted by Gasteiger charge is -2.30. The average molecular weight is 302 g/mol. The van der Waals surface area contributed by atoms with Crippen molar-refractivity contribution in [3.63, 3.8) is 0 Å². The topological polar surface area (TPSA) is 34.2 Å². The first-order valence-corrected chi connectivity index (χ1v) is 8.61. The van der Waals surface area contributed by atoms with Gasteiger partial charge in [0, 0.05) is 35.5 Å². The van der Waals surface area contributed by atoms with E-state index in [-0.39, 0.29) is 0 Å². The second kappa shape index (κ2) is 7.05. The summed E-state index contributed by atoms with van der Waals surface area (Å²) in [6.45, 7) is 3.09. The Morgan fingerprint density at radius 3 is 2.90 bits per heavy atom. The monoisotopic (exact) mass is 302 g/mol. The maximum absolute atomic E-state index is 5.81. The summed E-state index contributed by atoms with van der Waals surface area (Å²) < 4.78 is 5.81. The van der Waals surface area contributed by atoms with E-state index in [4.69, 9.17) is 4.74 Å². The first-order chi connectivity index (χ1) is 10.3. The van der Waals surface area contributed by atoms with Crippen molar-refractivity contribution in [2.24, 2.45) is 0 Å². The molecule has 1 aliphatic rings. The molecule has 1 fully saturated rings. The molecule has 1 aromatic carbocycles. The Morgan fingerprint density at radius 2 is 2.19 bits per heavy atom. The summed E-state index contributed by atoms with van der Waals surface area (Å²) in [5.41, 5.74) is 2.38. The molecule has 0 amide bonds. The molecule has 21 heavy (non-hydrogen) atoms. The van der Waals surface area contributed by atoms with Gasteiger partial charge in [-0.05, 0) is 43.5 Å². The molecular weight excluding hydrogens is 280 g/mol. The van der Waals surface area contributed by atoms with Gasteiger partial charge in [-0.3, -0.25) is 0 Å². The predicted molar refractivity (Wildman–Crippen MR) is 88.8 cm³/mol. The quantitative estimate of drug-likeness (QED) is 0.878. The number of thiazole rings is 1. The molecular formula is C17H22N2OS. The first kappa shape index (κ1) is 14.5. The summed E-state index contributed by atoms with van der Waals surface area (Å²) in [5.74, 6) is 0. The van der Waals surface area contributed by atoms with E-state index < -0.39 is 0 Å². The maximum atomic E-state index is 5.81. The lowest BCUT2D eigenvalue weighted by molar-refractivity contribution is 0.00598. The minimum atomic E-state index is 0.427. The molecule has 4 heteroatoms. The van der Waals surface area contributed by atoms with Gasteiger partial charge < -0.3 is 10.1 Å². The lowest BCUT2D eigenvalue weighted by atomic mass is 10.00. The van der Waals surface area contributed by atoms with Crippen LogP contribution in [0, 0.1) is 0 Å². The smallest absolute Gasteiger partial charge is 0.123 e. The van der Waals surface area contributed by atoms with Gasteiger partial charge in [0.05, 0.1) is 6.10 Å². The Labute approximate surface area is 130 Å². The van der Waals surface area contributed by atoms with Gasteiger partial charge >= 0.3 is 0 Å². The summed E-state index contributed by atoms with van der Waals surface area (Å²) in [5, 5.41) is 6.74. The normalized spacial score (nSPS) is 22.1. The van der Waals surface area contributed by atoms with Crippen molar-refractivity contribution in [2.75, 3.05) is 11.9 Å². The van der Waals surface area contributed by atoms with Crippen molar-refractivity contribution < 1.29 is 4.74 Å². The fraction of sp³-hybridized carbons (Fsp3) is 0.471. The molecule has 2 aromatic rings. The van der Waals surface area contributed by atoms with Crippen molar-refractivity contribution >= 4 is 17.0 Å². The van der Waals surface area contributed by atoms with Crippen LogP contribution in [-0.4, -0.2) is 23.7 Å². The van der Waals surface area contributed by atoms with Crippen LogP contribution >= 0.6 is 11.3 Å². The van der Waals surface area contributed by atoms with Crippen LogP contribution in [0.15, 0.2) is 35.8 Å². The number of hydrogen-bond donors (Lipinski definition) is 1. The molecule has 112 valence electrons. The number of rotatable bonds is 5. The van der Waals surface area contributed by atoms with E-state index in [0.717, 1.165) is 24.5 Å². The molecule has 3 nitrogen and oxygen atoms in total. The highest BCUT2D eigenvalue weighted by Gasteiger charge is 2.21. The van der Waals surface area contributed by atoms with Crippen molar-refractivity contribution in [3.05, 3.63) is 35.8 Å². The van der Waals surface area contributed by atoms with Gasteiger partial charge in [0.25, 0.3) is 0 Å². The van der Waals surface area contributed by atoms with Crippen LogP contribution in [0.25, 0.3) is 10.6 Å². The van der Waals surface area contributed by atoms with Crippen LogP contribution in [0.1, 0.15) is 32.6 Å². The molecule has 2 atom stereocenters. The second-order valence-electron chi connectivity index (χ2n) is 5.56. The Morgan fingerprint density at radius 1 is 1.33 bits per heavy atom. The highest BCUT2D eigenvalue weighted by atomic mass is 32.1. The SMILES string of the molecule is CCCC1CC(Nc2ccc(-c3nccs3)cc2)CCO1. The summed E-state index contributed by atoms with van der Waals surface area (Å²) in [6.07, 6.45) is 6.84. The highest BCUT2D eigenvalue weighted by Crippen LogP contribution is 2.25. The summed E-state index contributed by atoms with van der Waals surface area (Å²) in [7, 11) is 0. The standard InChI is InChI=1S/C17H22N2OS/c1-2-3-16-12-15(8-10-20-16)19-14-6-4-13(5-7-14)17-18-9-11-21-17/h4-7,9,11,15-16,19H,2-3,8,10,12H2,1H3. The molecule has 1 aromatic heterocycles. The maximum Gasteiger partial charge on any atom is 0.123 e. The van der Waals surface area contributed by atoms with Crippen molar-refractivity contribution in [1.82, 2.24) is 4.98 Å². The number of nitrogens with zero attached hydrogens (tertiary/aromatic N) is 1. The van der Waals surface area contributed by atoms with Gasteiger partial charge in [-0.15, -0.1) is 11.3 Å². The van der Waals surface area contributed by atoms with Crippen LogP contribution in [0.4, 0.5) is 5.69 Å². The molecule has 1 saturated heterocycles. The number of benzene rings is 1. The highest BCUT2D eigenvalue weighted by molar-refractivity contribution is 7.13. The number of hydrogen-bond acceptors (Lipinski definition) is 4. The minimum Gasteiger partial charge on any atom is -0.382 e. The molecule has 0 saturated carbocycles. The van der Waals surface area contributed by atoms with Crippen LogP contribution in [0.5, 0.6) is 0 Å². The molecule has 0 bridgehead atoms. The molecule has 0 radical (unpaired) electrons. The first-order valence-electron chi connectivity index (χ1n) is 7.73. The van der Waals surface area contributed by atoms with Crippen LogP contribution in [0.3, 0.4) is 0 Å². The molecule has 0 spiro atoms. The Hall–Kier alpha value is -1.39. The molecule has 2 unspecified atom stereocenters. The largest absolute Gasteiger partial charge is 0.382 e. The van der Waals surface area contributed by atoms with Crippen LogP contribution in [-0.2, 0) is 4.74 Å². The van der Waals surface area contributed by atoms with Crippen LogP contribution < -0.4 is 5.32 Å². The van der Waals surface area contributed by atoms with E-state index >= 15 is 0 Å². The van der Waals surface area contributed by atoms with E-state index in [1.54, 1.807) is 11.3 Å². The minimum absolute atomic E-state index is 0.427. The third kappa shape index (κ3) is 3.83. The van der Waals surface area contributed by atoms with E-state index in [0.29, 0.717) is 12.1 Å². The molecule has 3 rings (SSSR count). The van der Waals surface area contributed by atoms with E-state index in [2.05, 4.69) is 41.5 Å². The predicted octanol–water partition coefficient (Wildman–Crippen LogP) is 4.57. The summed E-state index contributed by atoms with van der Waals surface area (Å²) in [6, 6.07) is 9.12.